The zero-order chi connectivity index (χ0) is 28.4. The highest BCUT2D eigenvalue weighted by Gasteiger charge is 2.41. The first-order valence-corrected chi connectivity index (χ1v) is 11.0. The average Bonchev–Trinajstić information content (AvgIpc) is 3.16. The van der Waals surface area contributed by atoms with Crippen molar-refractivity contribution in [1.82, 2.24) is 14.9 Å². The molecule has 0 aliphatic carbocycles. The van der Waals surface area contributed by atoms with E-state index in [1.807, 2.05) is 11.9 Å². The first-order valence-electron chi connectivity index (χ1n) is 11.0. The number of nitrogen functional groups attached to an aromatic ring is 1. The van der Waals surface area contributed by atoms with E-state index in [4.69, 9.17) is 30.6 Å². The molecule has 0 saturated carbocycles. The van der Waals surface area contributed by atoms with Crippen LogP contribution in [0.15, 0.2) is 22.6 Å². The number of fused-ring (bicyclic) bond motifs is 3. The highest BCUT2D eigenvalue weighted by molar-refractivity contribution is 6.08. The standard InChI is InChI=1S/C16H16F3N5O.C6H8O7/c1-23-5-7-24(8-6-23)14-13-12(21-15(20)22-14)11-9(16(17,18)19)3-2-4-10(11)25-13;7-3(8)1-6(13,5(11)12)2-4(9)10/h2-4H,5-8H2,1H3,(H2,20,21,22);13H,1-2H2,(H,7,8)(H,9,10)(H,11,12). The summed E-state index contributed by atoms with van der Waals surface area (Å²) >= 11 is 0. The van der Waals surface area contributed by atoms with Gasteiger partial charge in [0.1, 0.15) is 11.1 Å². The van der Waals surface area contributed by atoms with Gasteiger partial charge in [0.15, 0.2) is 17.0 Å². The number of hydrogen-bond acceptors (Lipinski definition) is 10. The molecule has 0 atom stereocenters. The van der Waals surface area contributed by atoms with Gasteiger partial charge in [-0.1, -0.05) is 6.07 Å². The van der Waals surface area contributed by atoms with Gasteiger partial charge in [-0.05, 0) is 19.2 Å². The van der Waals surface area contributed by atoms with Gasteiger partial charge in [-0.25, -0.2) is 9.78 Å². The fourth-order valence-electron chi connectivity index (χ4n) is 3.87. The number of rotatable bonds is 6. The number of likely N-dealkylation sites (N-methyl/N-ethyl adjacent to an activating group) is 1. The number of alkyl halides is 3. The quantitative estimate of drug-likeness (QED) is 0.299. The number of aromatic nitrogens is 2. The van der Waals surface area contributed by atoms with Crippen molar-refractivity contribution >= 4 is 51.7 Å². The van der Waals surface area contributed by atoms with Crippen LogP contribution in [-0.2, 0) is 20.6 Å². The van der Waals surface area contributed by atoms with Crippen molar-refractivity contribution in [2.45, 2.75) is 24.6 Å². The highest BCUT2D eigenvalue weighted by atomic mass is 19.4. The topological polar surface area (TPSA) is 204 Å². The maximum absolute atomic E-state index is 13.4. The first kappa shape index (κ1) is 28.4. The van der Waals surface area contributed by atoms with E-state index in [1.54, 1.807) is 0 Å². The lowest BCUT2D eigenvalue weighted by Crippen LogP contribution is -2.45. The molecule has 2 aromatic heterocycles. The number of furan rings is 1. The van der Waals surface area contributed by atoms with Crippen LogP contribution in [0.3, 0.4) is 0 Å². The summed E-state index contributed by atoms with van der Waals surface area (Å²) in [6.45, 7) is 3.01. The molecule has 3 heterocycles. The molecule has 0 spiro atoms. The Balaban J connectivity index is 0.000000263. The molecule has 0 unspecified atom stereocenters. The number of nitrogens with zero attached hydrogens (tertiary/aromatic N) is 4. The van der Waals surface area contributed by atoms with Crippen molar-refractivity contribution in [2.75, 3.05) is 43.9 Å². The molecule has 206 valence electrons. The SMILES string of the molecule is CN1CCN(c2nc(N)nc3c2oc2cccc(C(F)(F)F)c23)CC1.O=C(O)CC(O)(CC(=O)O)C(=O)O. The fourth-order valence-corrected chi connectivity index (χ4v) is 3.87. The minimum Gasteiger partial charge on any atom is -0.481 e. The molecule has 0 radical (unpaired) electrons. The van der Waals surface area contributed by atoms with Crippen LogP contribution in [0.1, 0.15) is 18.4 Å². The molecule has 6 N–H and O–H groups in total. The maximum Gasteiger partial charge on any atom is 0.417 e. The van der Waals surface area contributed by atoms with Crippen LogP contribution in [0.25, 0.3) is 22.1 Å². The Morgan fingerprint density at radius 3 is 2.11 bits per heavy atom. The van der Waals surface area contributed by atoms with Crippen LogP contribution < -0.4 is 10.6 Å². The van der Waals surface area contributed by atoms with Crippen molar-refractivity contribution in [3.05, 3.63) is 23.8 Å². The number of carbonyl (C=O) groups is 3. The zero-order valence-electron chi connectivity index (χ0n) is 19.9. The van der Waals surface area contributed by atoms with Crippen molar-refractivity contribution in [3.8, 4) is 0 Å². The Hall–Kier alpha value is -4.18. The number of nitrogens with two attached hydrogens (primary N) is 1. The lowest BCUT2D eigenvalue weighted by atomic mass is 9.96. The lowest BCUT2D eigenvalue weighted by Gasteiger charge is -2.33. The number of aliphatic carboxylic acids is 3. The van der Waals surface area contributed by atoms with E-state index in [0.717, 1.165) is 19.2 Å². The molecule has 38 heavy (non-hydrogen) atoms. The Bertz CT molecular complexity index is 1350. The molecule has 0 bridgehead atoms. The molecule has 1 aromatic carbocycles. The maximum atomic E-state index is 13.4. The van der Waals surface area contributed by atoms with Gasteiger partial charge < -0.3 is 40.4 Å². The summed E-state index contributed by atoms with van der Waals surface area (Å²) in [6, 6.07) is 3.83. The van der Waals surface area contributed by atoms with Crippen LogP contribution >= 0.6 is 0 Å². The predicted octanol–water partition coefficient (Wildman–Crippen LogP) is 1.48. The largest absolute Gasteiger partial charge is 0.481 e. The number of carboxylic acid groups (broad SMARTS) is 3. The monoisotopic (exact) mass is 543 g/mol. The van der Waals surface area contributed by atoms with Gasteiger partial charge in [0.2, 0.25) is 5.95 Å². The molecule has 1 fully saturated rings. The Labute approximate surface area is 211 Å². The summed E-state index contributed by atoms with van der Waals surface area (Å²) in [5.41, 5.74) is 2.73. The van der Waals surface area contributed by atoms with E-state index in [0.29, 0.717) is 18.9 Å². The fraction of sp³-hybridized carbons (Fsp3) is 0.409. The molecule has 13 nitrogen and oxygen atoms in total. The van der Waals surface area contributed by atoms with Crippen molar-refractivity contribution in [2.24, 2.45) is 0 Å². The van der Waals surface area contributed by atoms with Gasteiger partial charge in [-0.15, -0.1) is 0 Å². The van der Waals surface area contributed by atoms with Crippen molar-refractivity contribution in [1.29, 1.82) is 0 Å². The van der Waals surface area contributed by atoms with Gasteiger partial charge in [-0.2, -0.15) is 18.2 Å². The lowest BCUT2D eigenvalue weighted by molar-refractivity contribution is -0.170. The second kappa shape index (κ2) is 10.7. The average molecular weight is 543 g/mol. The summed E-state index contributed by atoms with van der Waals surface area (Å²) in [4.78, 5) is 42.9. The van der Waals surface area contributed by atoms with E-state index >= 15 is 0 Å². The third-order valence-electron chi connectivity index (χ3n) is 5.73. The van der Waals surface area contributed by atoms with Crippen LogP contribution in [-0.4, -0.2) is 92.0 Å². The van der Waals surface area contributed by atoms with Crippen LogP contribution in [0.5, 0.6) is 0 Å². The Kier molecular flexibility index (Phi) is 7.97. The number of piperazine rings is 1. The predicted molar refractivity (Wildman–Crippen MR) is 126 cm³/mol. The molecule has 1 saturated heterocycles. The zero-order valence-corrected chi connectivity index (χ0v) is 19.9. The number of hydrogen-bond donors (Lipinski definition) is 5. The number of benzene rings is 1. The summed E-state index contributed by atoms with van der Waals surface area (Å²) in [5, 5.41) is 33.7. The van der Waals surface area contributed by atoms with Gasteiger partial charge >= 0.3 is 24.1 Å². The minimum absolute atomic E-state index is 0.0684. The first-order chi connectivity index (χ1) is 17.6. The molecule has 4 rings (SSSR count). The molecule has 1 aliphatic heterocycles. The van der Waals surface area contributed by atoms with Crippen LogP contribution in [0, 0.1) is 0 Å². The minimum atomic E-state index is -4.51. The summed E-state index contributed by atoms with van der Waals surface area (Å²) in [7, 11) is 2.01. The molecular formula is C22H24F3N5O8. The van der Waals surface area contributed by atoms with Crippen LogP contribution in [0.2, 0.25) is 0 Å². The Morgan fingerprint density at radius 2 is 1.61 bits per heavy atom. The van der Waals surface area contributed by atoms with Gasteiger partial charge in [0.25, 0.3) is 0 Å². The van der Waals surface area contributed by atoms with E-state index in [1.165, 1.54) is 12.1 Å². The molecule has 0 amide bonds. The molecule has 16 heteroatoms. The summed E-state index contributed by atoms with van der Waals surface area (Å²) < 4.78 is 45.9. The Morgan fingerprint density at radius 1 is 1.03 bits per heavy atom. The molecule has 1 aliphatic rings. The summed E-state index contributed by atoms with van der Waals surface area (Å²) in [5.74, 6) is -4.64. The van der Waals surface area contributed by atoms with E-state index < -0.39 is 48.1 Å². The smallest absolute Gasteiger partial charge is 0.417 e. The van der Waals surface area contributed by atoms with Gasteiger partial charge in [-0.3, -0.25) is 9.59 Å². The van der Waals surface area contributed by atoms with E-state index in [-0.39, 0.29) is 28.0 Å². The third kappa shape index (κ3) is 6.20. The summed E-state index contributed by atoms with van der Waals surface area (Å²) in [6.07, 6.45) is -6.80. The third-order valence-corrected chi connectivity index (χ3v) is 5.73. The normalized spacial score (nSPS) is 14.8. The second-order valence-corrected chi connectivity index (χ2v) is 8.63. The highest BCUT2D eigenvalue weighted by Crippen LogP contribution is 2.41. The van der Waals surface area contributed by atoms with Crippen molar-refractivity contribution < 1.29 is 52.4 Å². The number of carboxylic acids is 3. The molecule has 3 aromatic rings. The number of aliphatic hydroxyl groups is 1. The van der Waals surface area contributed by atoms with Gasteiger partial charge in [0.05, 0.1) is 23.8 Å². The second-order valence-electron chi connectivity index (χ2n) is 8.63. The number of halogens is 3. The van der Waals surface area contributed by atoms with Gasteiger partial charge in [0, 0.05) is 26.2 Å². The number of anilines is 2. The van der Waals surface area contributed by atoms with E-state index in [2.05, 4.69) is 14.9 Å². The van der Waals surface area contributed by atoms with Crippen LogP contribution in [0.4, 0.5) is 24.9 Å². The molecular weight excluding hydrogens is 519 g/mol. The van der Waals surface area contributed by atoms with Crippen molar-refractivity contribution in [3.63, 3.8) is 0 Å². The van der Waals surface area contributed by atoms with E-state index in [9.17, 15) is 27.6 Å².